The van der Waals surface area contributed by atoms with Crippen LogP contribution in [0.3, 0.4) is 0 Å². The number of anilines is 1. The predicted octanol–water partition coefficient (Wildman–Crippen LogP) is 4.44. The highest BCUT2D eigenvalue weighted by atomic mass is 32.1. The molecular weight excluding hydrogens is 440 g/mol. The van der Waals surface area contributed by atoms with E-state index in [0.29, 0.717) is 33.6 Å². The number of aliphatic hydroxyl groups is 1. The standard InChI is InChI=1S/C24H24N4O4S/c1-3-4-5-14-32-18-8-6-16(7-9-18)20-19(21(29)17-10-12-25-13-11-17)22(30)23(31)28(20)24-27-26-15(2)33-24/h6-13,20,29H,3-5,14H2,1-2H3. The number of benzene rings is 1. The summed E-state index contributed by atoms with van der Waals surface area (Å²) in [5.74, 6) is -1.09. The molecule has 1 saturated heterocycles. The fourth-order valence-electron chi connectivity index (χ4n) is 3.68. The van der Waals surface area contributed by atoms with Gasteiger partial charge in [0.1, 0.15) is 16.5 Å². The number of amides is 1. The summed E-state index contributed by atoms with van der Waals surface area (Å²) >= 11 is 1.21. The maximum absolute atomic E-state index is 13.1. The molecule has 1 amide bonds. The minimum Gasteiger partial charge on any atom is -0.507 e. The maximum atomic E-state index is 13.1. The Hall–Kier alpha value is -3.59. The first-order valence-electron chi connectivity index (χ1n) is 10.8. The lowest BCUT2D eigenvalue weighted by Crippen LogP contribution is -2.29. The van der Waals surface area contributed by atoms with Crippen LogP contribution in [0.2, 0.25) is 0 Å². The number of unbranched alkanes of at least 4 members (excludes halogenated alkanes) is 2. The normalized spacial score (nSPS) is 17.5. The van der Waals surface area contributed by atoms with Gasteiger partial charge < -0.3 is 9.84 Å². The molecule has 9 heteroatoms. The molecule has 0 saturated carbocycles. The largest absolute Gasteiger partial charge is 0.507 e. The molecule has 2 aromatic heterocycles. The summed E-state index contributed by atoms with van der Waals surface area (Å²) in [6, 6.07) is 9.53. The summed E-state index contributed by atoms with van der Waals surface area (Å²) in [7, 11) is 0. The van der Waals surface area contributed by atoms with Crippen molar-refractivity contribution in [3.8, 4) is 5.75 Å². The van der Waals surface area contributed by atoms with E-state index in [4.69, 9.17) is 4.74 Å². The first kappa shape index (κ1) is 22.6. The Labute approximate surface area is 195 Å². The van der Waals surface area contributed by atoms with Crippen molar-refractivity contribution in [1.82, 2.24) is 15.2 Å². The van der Waals surface area contributed by atoms with E-state index in [1.54, 1.807) is 43.3 Å². The first-order chi connectivity index (χ1) is 16.0. The van der Waals surface area contributed by atoms with E-state index in [2.05, 4.69) is 22.1 Å². The minimum atomic E-state index is -0.848. The molecule has 1 unspecified atom stereocenters. The number of ether oxygens (including phenoxy) is 1. The van der Waals surface area contributed by atoms with Crippen molar-refractivity contribution in [2.75, 3.05) is 11.5 Å². The minimum absolute atomic E-state index is 0.00401. The van der Waals surface area contributed by atoms with Gasteiger partial charge in [0.05, 0.1) is 18.2 Å². The number of rotatable bonds is 8. The number of hydrogen-bond acceptors (Lipinski definition) is 8. The molecule has 8 nitrogen and oxygen atoms in total. The quantitative estimate of drug-likeness (QED) is 0.227. The number of Topliss-reactive ketones (excluding diaryl/α,β-unsaturated/α-hetero) is 1. The number of carbonyl (C=O) groups is 2. The zero-order chi connectivity index (χ0) is 23.4. The molecule has 1 fully saturated rings. The van der Waals surface area contributed by atoms with Gasteiger partial charge in [0.2, 0.25) is 5.13 Å². The van der Waals surface area contributed by atoms with E-state index >= 15 is 0 Å². The fourth-order valence-corrected chi connectivity index (χ4v) is 4.40. The Morgan fingerprint density at radius 2 is 1.82 bits per heavy atom. The smallest absolute Gasteiger partial charge is 0.301 e. The highest BCUT2D eigenvalue weighted by Crippen LogP contribution is 2.43. The second-order valence-corrected chi connectivity index (χ2v) is 8.79. The summed E-state index contributed by atoms with van der Waals surface area (Å²) in [6.07, 6.45) is 6.21. The lowest BCUT2D eigenvalue weighted by atomic mass is 9.95. The molecule has 33 heavy (non-hydrogen) atoms. The summed E-state index contributed by atoms with van der Waals surface area (Å²) in [5, 5.41) is 20.1. The topological polar surface area (TPSA) is 106 Å². The van der Waals surface area contributed by atoms with Gasteiger partial charge in [-0.2, -0.15) is 0 Å². The average Bonchev–Trinajstić information content (AvgIpc) is 3.38. The number of carbonyl (C=O) groups excluding carboxylic acids is 2. The summed E-state index contributed by atoms with van der Waals surface area (Å²) < 4.78 is 5.79. The highest BCUT2D eigenvalue weighted by Gasteiger charge is 2.48. The Bertz CT molecular complexity index is 1170. The number of aromatic nitrogens is 3. The van der Waals surface area contributed by atoms with Crippen LogP contribution in [0.15, 0.2) is 54.4 Å². The number of hydrogen-bond donors (Lipinski definition) is 1. The van der Waals surface area contributed by atoms with Crippen molar-refractivity contribution < 1.29 is 19.4 Å². The van der Waals surface area contributed by atoms with Gasteiger partial charge in [0.25, 0.3) is 5.78 Å². The molecule has 0 radical (unpaired) electrons. The van der Waals surface area contributed by atoms with Crippen molar-refractivity contribution in [3.05, 3.63) is 70.5 Å². The molecule has 0 spiro atoms. The fraction of sp³-hybridized carbons (Fsp3) is 0.292. The lowest BCUT2D eigenvalue weighted by molar-refractivity contribution is -0.132. The number of aryl methyl sites for hydroxylation is 1. The molecular formula is C24H24N4O4S. The Kier molecular flexibility index (Phi) is 6.79. The van der Waals surface area contributed by atoms with Crippen LogP contribution in [0.4, 0.5) is 5.13 Å². The van der Waals surface area contributed by atoms with Gasteiger partial charge in [0, 0.05) is 18.0 Å². The van der Waals surface area contributed by atoms with Crippen LogP contribution in [-0.4, -0.2) is 38.6 Å². The third kappa shape index (κ3) is 4.63. The Morgan fingerprint density at radius 1 is 1.09 bits per heavy atom. The second kappa shape index (κ2) is 9.91. The molecule has 170 valence electrons. The van der Waals surface area contributed by atoms with Crippen LogP contribution in [0.25, 0.3) is 5.76 Å². The monoisotopic (exact) mass is 464 g/mol. The molecule has 0 bridgehead atoms. The predicted molar refractivity (Wildman–Crippen MR) is 125 cm³/mol. The van der Waals surface area contributed by atoms with E-state index in [0.717, 1.165) is 19.3 Å². The Morgan fingerprint density at radius 3 is 2.45 bits per heavy atom. The molecule has 0 aliphatic carbocycles. The van der Waals surface area contributed by atoms with E-state index < -0.39 is 17.7 Å². The number of ketones is 1. The zero-order valence-corrected chi connectivity index (χ0v) is 19.2. The van der Waals surface area contributed by atoms with Gasteiger partial charge in [-0.25, -0.2) is 0 Å². The first-order valence-corrected chi connectivity index (χ1v) is 11.6. The highest BCUT2D eigenvalue weighted by molar-refractivity contribution is 7.15. The van der Waals surface area contributed by atoms with Gasteiger partial charge in [-0.15, -0.1) is 10.2 Å². The van der Waals surface area contributed by atoms with Gasteiger partial charge in [-0.05, 0) is 43.2 Å². The number of nitrogens with zero attached hydrogens (tertiary/aromatic N) is 4. The van der Waals surface area contributed by atoms with Gasteiger partial charge in [0.15, 0.2) is 0 Å². The molecule has 3 heterocycles. The van der Waals surface area contributed by atoms with E-state index in [1.165, 1.54) is 28.6 Å². The third-order valence-electron chi connectivity index (χ3n) is 5.33. The third-order valence-corrected chi connectivity index (χ3v) is 6.17. The molecule has 1 atom stereocenters. The van der Waals surface area contributed by atoms with Crippen LogP contribution < -0.4 is 9.64 Å². The molecule has 1 aromatic carbocycles. The van der Waals surface area contributed by atoms with Crippen molar-refractivity contribution in [1.29, 1.82) is 0 Å². The zero-order valence-electron chi connectivity index (χ0n) is 18.4. The van der Waals surface area contributed by atoms with E-state index in [1.807, 2.05) is 0 Å². The van der Waals surface area contributed by atoms with Crippen molar-refractivity contribution in [2.45, 2.75) is 39.2 Å². The summed E-state index contributed by atoms with van der Waals surface area (Å²) in [5.41, 5.74) is 1.05. The molecule has 4 rings (SSSR count). The van der Waals surface area contributed by atoms with Gasteiger partial charge >= 0.3 is 5.91 Å². The molecule has 1 N–H and O–H groups in total. The summed E-state index contributed by atoms with van der Waals surface area (Å²) in [6.45, 7) is 4.53. The maximum Gasteiger partial charge on any atom is 0.301 e. The molecule has 3 aromatic rings. The van der Waals surface area contributed by atoms with Crippen LogP contribution in [-0.2, 0) is 9.59 Å². The molecule has 1 aliphatic heterocycles. The number of aliphatic hydroxyl groups excluding tert-OH is 1. The summed E-state index contributed by atoms with van der Waals surface area (Å²) in [4.78, 5) is 31.4. The van der Waals surface area contributed by atoms with Crippen LogP contribution in [0.1, 0.15) is 48.4 Å². The van der Waals surface area contributed by atoms with Crippen LogP contribution >= 0.6 is 11.3 Å². The SMILES string of the molecule is CCCCCOc1ccc(C2C(=C(O)c3ccncc3)C(=O)C(=O)N2c2nnc(C)s2)cc1. The second-order valence-electron chi connectivity index (χ2n) is 7.63. The van der Waals surface area contributed by atoms with Crippen LogP contribution in [0, 0.1) is 6.92 Å². The average molecular weight is 465 g/mol. The lowest BCUT2D eigenvalue weighted by Gasteiger charge is -2.22. The van der Waals surface area contributed by atoms with Crippen molar-refractivity contribution >= 4 is 33.9 Å². The van der Waals surface area contributed by atoms with E-state index in [9.17, 15) is 14.7 Å². The van der Waals surface area contributed by atoms with Gasteiger partial charge in [-0.3, -0.25) is 19.5 Å². The van der Waals surface area contributed by atoms with Crippen LogP contribution in [0.5, 0.6) is 5.75 Å². The number of pyridine rings is 1. The van der Waals surface area contributed by atoms with Crippen molar-refractivity contribution in [3.63, 3.8) is 0 Å². The van der Waals surface area contributed by atoms with Gasteiger partial charge in [-0.1, -0.05) is 43.2 Å². The molecule has 1 aliphatic rings. The Balaban J connectivity index is 1.75. The van der Waals surface area contributed by atoms with Crippen molar-refractivity contribution in [2.24, 2.45) is 0 Å². The van der Waals surface area contributed by atoms with E-state index in [-0.39, 0.29) is 11.3 Å².